The number of rotatable bonds is 4. The number of carbonyl (C=O) groups is 1. The van der Waals surface area contributed by atoms with Crippen LogP contribution in [0.3, 0.4) is 0 Å². The minimum Gasteiger partial charge on any atom is -0.351 e. The first-order valence-corrected chi connectivity index (χ1v) is 7.32. The zero-order valence-corrected chi connectivity index (χ0v) is 13.4. The summed E-state index contributed by atoms with van der Waals surface area (Å²) in [5, 5.41) is 10.0. The maximum absolute atomic E-state index is 12.3. The van der Waals surface area contributed by atoms with Crippen molar-refractivity contribution in [3.05, 3.63) is 51.3 Å². The highest BCUT2D eigenvalue weighted by Gasteiger charge is 2.21. The van der Waals surface area contributed by atoms with Crippen LogP contribution < -0.4 is 5.32 Å². The maximum Gasteiger partial charge on any atom is 0.227 e. The Kier molecular flexibility index (Phi) is 4.60. The predicted molar refractivity (Wildman–Crippen MR) is 82.5 cm³/mol. The Morgan fingerprint density at radius 2 is 2.10 bits per heavy atom. The molecule has 1 heterocycles. The second-order valence-corrected chi connectivity index (χ2v) is 5.73. The summed E-state index contributed by atoms with van der Waals surface area (Å²) in [6.45, 7) is 6.27. The van der Waals surface area contributed by atoms with Crippen molar-refractivity contribution in [2.75, 3.05) is 0 Å². The first-order chi connectivity index (χ1) is 9.50. The standard InChI is InChI=1S/C15H18BrN3O/c1-9(14-10(2)18-19-11(14)3)15(20)17-8-12-6-4-5-7-13(12)16/h4-7,9H,8H2,1-3H3,(H,17,20)(H,18,19). The number of amides is 1. The summed E-state index contributed by atoms with van der Waals surface area (Å²) in [6.07, 6.45) is 0. The van der Waals surface area contributed by atoms with Crippen LogP contribution in [0.2, 0.25) is 0 Å². The van der Waals surface area contributed by atoms with E-state index in [9.17, 15) is 4.79 Å². The monoisotopic (exact) mass is 335 g/mol. The molecule has 4 nitrogen and oxygen atoms in total. The van der Waals surface area contributed by atoms with E-state index in [-0.39, 0.29) is 11.8 Å². The van der Waals surface area contributed by atoms with Gasteiger partial charge in [0.15, 0.2) is 0 Å². The van der Waals surface area contributed by atoms with Crippen LogP contribution in [-0.2, 0) is 11.3 Å². The summed E-state index contributed by atoms with van der Waals surface area (Å²) in [5.74, 6) is -0.204. The van der Waals surface area contributed by atoms with Gasteiger partial charge in [-0.25, -0.2) is 0 Å². The largest absolute Gasteiger partial charge is 0.351 e. The molecule has 2 aromatic rings. The number of carbonyl (C=O) groups excluding carboxylic acids is 1. The van der Waals surface area contributed by atoms with Gasteiger partial charge in [0.2, 0.25) is 5.91 Å². The molecule has 0 aliphatic carbocycles. The van der Waals surface area contributed by atoms with Gasteiger partial charge in [-0.3, -0.25) is 9.89 Å². The van der Waals surface area contributed by atoms with Crippen LogP contribution in [0.15, 0.2) is 28.7 Å². The first kappa shape index (κ1) is 14.8. The zero-order valence-electron chi connectivity index (χ0n) is 11.8. The average molecular weight is 336 g/mol. The third kappa shape index (κ3) is 3.10. The van der Waals surface area contributed by atoms with E-state index in [4.69, 9.17) is 0 Å². The highest BCUT2D eigenvalue weighted by Crippen LogP contribution is 2.22. The van der Waals surface area contributed by atoms with Crippen molar-refractivity contribution < 1.29 is 4.79 Å². The average Bonchev–Trinajstić information content (AvgIpc) is 2.76. The van der Waals surface area contributed by atoms with Gasteiger partial charge in [0.1, 0.15) is 0 Å². The van der Waals surface area contributed by atoms with E-state index in [2.05, 4.69) is 31.4 Å². The second-order valence-electron chi connectivity index (χ2n) is 4.88. The van der Waals surface area contributed by atoms with Gasteiger partial charge in [-0.05, 0) is 32.4 Å². The Bertz CT molecular complexity index is 602. The molecule has 1 aromatic heterocycles. The van der Waals surface area contributed by atoms with E-state index in [1.165, 1.54) is 0 Å². The third-order valence-electron chi connectivity index (χ3n) is 3.42. The molecule has 1 aromatic carbocycles. The number of nitrogens with one attached hydrogen (secondary N) is 2. The van der Waals surface area contributed by atoms with Gasteiger partial charge in [0, 0.05) is 22.3 Å². The molecule has 1 atom stereocenters. The van der Waals surface area contributed by atoms with Crippen molar-refractivity contribution in [1.82, 2.24) is 15.5 Å². The molecular formula is C15H18BrN3O. The minimum atomic E-state index is -0.212. The molecule has 106 valence electrons. The van der Waals surface area contributed by atoms with Gasteiger partial charge in [-0.2, -0.15) is 5.10 Å². The predicted octanol–water partition coefficient (Wildman–Crippen LogP) is 3.21. The number of hydrogen-bond donors (Lipinski definition) is 2. The molecule has 0 bridgehead atoms. The van der Waals surface area contributed by atoms with Crippen LogP contribution in [0.25, 0.3) is 0 Å². The summed E-state index contributed by atoms with van der Waals surface area (Å²) in [4.78, 5) is 12.3. The zero-order chi connectivity index (χ0) is 14.7. The number of benzene rings is 1. The molecule has 5 heteroatoms. The van der Waals surface area contributed by atoms with Gasteiger partial charge in [-0.1, -0.05) is 34.1 Å². The van der Waals surface area contributed by atoms with Gasteiger partial charge < -0.3 is 5.32 Å². The van der Waals surface area contributed by atoms with Crippen LogP contribution in [0.4, 0.5) is 0 Å². The van der Waals surface area contributed by atoms with Crippen molar-refractivity contribution in [1.29, 1.82) is 0 Å². The second kappa shape index (κ2) is 6.22. The van der Waals surface area contributed by atoms with Gasteiger partial charge in [0.25, 0.3) is 0 Å². The molecule has 0 fully saturated rings. The summed E-state index contributed by atoms with van der Waals surface area (Å²) in [6, 6.07) is 7.87. The molecule has 2 N–H and O–H groups in total. The first-order valence-electron chi connectivity index (χ1n) is 6.53. The molecule has 0 spiro atoms. The summed E-state index contributed by atoms with van der Waals surface area (Å²) < 4.78 is 1.00. The SMILES string of the molecule is Cc1n[nH]c(C)c1C(C)C(=O)NCc1ccccc1Br. The van der Waals surface area contributed by atoms with Gasteiger partial charge in [0.05, 0.1) is 11.6 Å². The Labute approximate surface area is 127 Å². The van der Waals surface area contributed by atoms with Crippen LogP contribution in [0.1, 0.15) is 35.4 Å². The fraction of sp³-hybridized carbons (Fsp3) is 0.333. The van der Waals surface area contributed by atoms with Crippen LogP contribution in [-0.4, -0.2) is 16.1 Å². The highest BCUT2D eigenvalue weighted by molar-refractivity contribution is 9.10. The molecule has 1 unspecified atom stereocenters. The fourth-order valence-electron chi connectivity index (χ4n) is 2.31. The smallest absolute Gasteiger partial charge is 0.227 e. The van der Waals surface area contributed by atoms with Crippen molar-refractivity contribution in [2.45, 2.75) is 33.2 Å². The van der Waals surface area contributed by atoms with Gasteiger partial charge in [-0.15, -0.1) is 0 Å². The molecule has 0 aliphatic rings. The van der Waals surface area contributed by atoms with E-state index < -0.39 is 0 Å². The molecule has 0 aliphatic heterocycles. The van der Waals surface area contributed by atoms with Gasteiger partial charge >= 0.3 is 0 Å². The van der Waals surface area contributed by atoms with Crippen LogP contribution in [0, 0.1) is 13.8 Å². The summed E-state index contributed by atoms with van der Waals surface area (Å²) >= 11 is 3.48. The van der Waals surface area contributed by atoms with E-state index in [1.807, 2.05) is 45.0 Å². The van der Waals surface area contributed by atoms with E-state index in [0.717, 1.165) is 27.0 Å². The summed E-state index contributed by atoms with van der Waals surface area (Å²) in [5.41, 5.74) is 3.88. The molecule has 0 saturated heterocycles. The lowest BCUT2D eigenvalue weighted by Gasteiger charge is -2.13. The third-order valence-corrected chi connectivity index (χ3v) is 4.20. The molecule has 0 radical (unpaired) electrons. The number of hydrogen-bond acceptors (Lipinski definition) is 2. The molecule has 2 rings (SSSR count). The Morgan fingerprint density at radius 1 is 1.40 bits per heavy atom. The Balaban J connectivity index is 2.04. The quantitative estimate of drug-likeness (QED) is 0.901. The minimum absolute atomic E-state index is 0.00773. The number of halogens is 1. The number of aromatic amines is 1. The van der Waals surface area contributed by atoms with Crippen LogP contribution >= 0.6 is 15.9 Å². The Morgan fingerprint density at radius 3 is 2.70 bits per heavy atom. The topological polar surface area (TPSA) is 57.8 Å². The van der Waals surface area contributed by atoms with E-state index >= 15 is 0 Å². The number of nitrogens with zero attached hydrogens (tertiary/aromatic N) is 1. The summed E-state index contributed by atoms with van der Waals surface area (Å²) in [7, 11) is 0. The number of aryl methyl sites for hydroxylation is 2. The molecular weight excluding hydrogens is 318 g/mol. The lowest BCUT2D eigenvalue weighted by atomic mass is 9.98. The lowest BCUT2D eigenvalue weighted by Crippen LogP contribution is -2.28. The van der Waals surface area contributed by atoms with Crippen molar-refractivity contribution in [3.63, 3.8) is 0 Å². The normalized spacial score (nSPS) is 12.2. The Hall–Kier alpha value is -1.62. The molecule has 1 amide bonds. The van der Waals surface area contributed by atoms with Crippen molar-refractivity contribution in [3.8, 4) is 0 Å². The van der Waals surface area contributed by atoms with E-state index in [1.54, 1.807) is 0 Å². The van der Waals surface area contributed by atoms with Crippen LogP contribution in [0.5, 0.6) is 0 Å². The highest BCUT2D eigenvalue weighted by atomic mass is 79.9. The van der Waals surface area contributed by atoms with E-state index in [0.29, 0.717) is 6.54 Å². The number of H-pyrrole nitrogens is 1. The fourth-order valence-corrected chi connectivity index (χ4v) is 2.73. The number of aromatic nitrogens is 2. The van der Waals surface area contributed by atoms with Crippen molar-refractivity contribution >= 4 is 21.8 Å². The maximum atomic E-state index is 12.3. The lowest BCUT2D eigenvalue weighted by molar-refractivity contribution is -0.122. The van der Waals surface area contributed by atoms with Crippen molar-refractivity contribution in [2.24, 2.45) is 0 Å². The molecule has 0 saturated carbocycles. The molecule has 20 heavy (non-hydrogen) atoms.